The van der Waals surface area contributed by atoms with E-state index in [1.807, 2.05) is 84.9 Å². The molecule has 11 rings (SSSR count). The lowest BCUT2D eigenvalue weighted by Gasteiger charge is -2.10. The van der Waals surface area contributed by atoms with Crippen molar-refractivity contribution >= 4 is 131 Å². The number of nitriles is 4. The summed E-state index contributed by atoms with van der Waals surface area (Å²) in [7, 11) is 0. The van der Waals surface area contributed by atoms with Crippen molar-refractivity contribution in [3.63, 3.8) is 0 Å². The van der Waals surface area contributed by atoms with Gasteiger partial charge in [-0.05, 0) is 34.4 Å². The van der Waals surface area contributed by atoms with Crippen molar-refractivity contribution in [3.8, 4) is 24.3 Å². The Bertz CT molecular complexity index is 3800. The van der Waals surface area contributed by atoms with Crippen molar-refractivity contribution in [3.05, 3.63) is 166 Å². The summed E-state index contributed by atoms with van der Waals surface area (Å²) in [6.07, 6.45) is -1.55. The number of hydrogen-bond acceptors (Lipinski definition) is 15. The van der Waals surface area contributed by atoms with Crippen LogP contribution in [0.1, 0.15) is 43.0 Å². The van der Waals surface area contributed by atoms with Crippen molar-refractivity contribution in [2.24, 2.45) is 9.98 Å². The molecule has 0 amide bonds. The van der Waals surface area contributed by atoms with Crippen LogP contribution in [0.3, 0.4) is 0 Å². The number of aliphatic imine (C=N–C) groups is 2. The number of carbonyl (C=O) groups is 4. The molecular formula is C52H24N8O6S3. The van der Waals surface area contributed by atoms with Gasteiger partial charge < -0.3 is 9.47 Å². The standard InChI is InChI=1S/C52H24N8O6S3/c53-21-29(22-54)39-31-15-7-9-17-33(31)45(61)41(39)57-37-19-35-47(67-37)49-43(59(35)51(63)65-25-27-11-3-1-4-12-27)44-50(69-49)48-36(60(44)52(64)66-26-28-13-5-2-6-14-28)20-38(68-48)58-42-40(30(23-55)24-56)32-16-8-10-18-34(32)46(42)62/h1-20H,25-26H2/b57-41-,58-42+. The first-order chi connectivity index (χ1) is 33.7. The number of benzene rings is 4. The average Bonchev–Trinajstić information content (AvgIpc) is 4.25. The van der Waals surface area contributed by atoms with Gasteiger partial charge in [-0.3, -0.25) is 9.59 Å². The molecule has 0 unspecified atom stereocenters. The maximum Gasteiger partial charge on any atom is 0.419 e. The number of hydrogen-bond donors (Lipinski definition) is 0. The molecule has 9 aromatic rings. The summed E-state index contributed by atoms with van der Waals surface area (Å²) in [5, 5.41) is 40.3. The van der Waals surface area contributed by atoms with Crippen molar-refractivity contribution in [1.82, 2.24) is 9.13 Å². The van der Waals surface area contributed by atoms with Crippen LogP contribution in [0.2, 0.25) is 0 Å². The summed E-state index contributed by atoms with van der Waals surface area (Å²) in [6, 6.07) is 42.4. The number of ether oxygens (including phenoxy) is 2. The number of carbonyl (C=O) groups excluding carboxylic acids is 4. The van der Waals surface area contributed by atoms with Gasteiger partial charge in [0.1, 0.15) is 70.1 Å². The van der Waals surface area contributed by atoms with Crippen LogP contribution in [0.5, 0.6) is 0 Å². The van der Waals surface area contributed by atoms with E-state index in [1.165, 1.54) is 20.5 Å². The Kier molecular flexibility index (Phi) is 10.3. The molecule has 14 nitrogen and oxygen atoms in total. The highest BCUT2D eigenvalue weighted by molar-refractivity contribution is 7.35. The molecule has 0 saturated heterocycles. The Morgan fingerprint density at radius 3 is 1.23 bits per heavy atom. The Morgan fingerprint density at radius 2 is 0.855 bits per heavy atom. The first kappa shape index (κ1) is 42.3. The molecule has 4 aromatic carbocycles. The lowest BCUT2D eigenvalue weighted by molar-refractivity contribution is 0.106. The molecule has 0 radical (unpaired) electrons. The fourth-order valence-corrected chi connectivity index (χ4v) is 12.2. The van der Waals surface area contributed by atoms with Gasteiger partial charge in [-0.1, -0.05) is 109 Å². The van der Waals surface area contributed by atoms with Crippen molar-refractivity contribution in [2.45, 2.75) is 13.2 Å². The Morgan fingerprint density at radius 1 is 0.493 bits per heavy atom. The van der Waals surface area contributed by atoms with Gasteiger partial charge in [-0.15, -0.1) is 34.0 Å². The van der Waals surface area contributed by atoms with Gasteiger partial charge in [-0.2, -0.15) is 21.0 Å². The summed E-state index contributed by atoms with van der Waals surface area (Å²) >= 11 is 3.61. The van der Waals surface area contributed by atoms with Gasteiger partial charge in [0, 0.05) is 22.3 Å². The smallest absolute Gasteiger partial charge is 0.419 e. The second kappa shape index (κ2) is 16.8. The summed E-state index contributed by atoms with van der Waals surface area (Å²) in [6.45, 7) is -0.173. The Balaban J connectivity index is 1.14. The van der Waals surface area contributed by atoms with E-state index in [0.29, 0.717) is 63.1 Å². The second-order valence-electron chi connectivity index (χ2n) is 15.4. The number of aromatic nitrogens is 2. The monoisotopic (exact) mass is 952 g/mol. The number of ketones is 2. The molecule has 2 aliphatic carbocycles. The van der Waals surface area contributed by atoms with E-state index in [0.717, 1.165) is 33.8 Å². The zero-order chi connectivity index (χ0) is 47.5. The molecule has 0 spiro atoms. The summed E-state index contributed by atoms with van der Waals surface area (Å²) in [4.78, 5) is 66.5. The van der Waals surface area contributed by atoms with Crippen LogP contribution < -0.4 is 0 Å². The molecule has 0 atom stereocenters. The molecule has 5 aromatic heterocycles. The highest BCUT2D eigenvalue weighted by Crippen LogP contribution is 2.52. The maximum absolute atomic E-state index is 14.6. The third-order valence-corrected chi connectivity index (χ3v) is 15.1. The van der Waals surface area contributed by atoms with Gasteiger partial charge in [0.2, 0.25) is 11.6 Å². The fraction of sp³-hybridized carbons (Fsp3) is 0.0385. The number of thiophene rings is 3. The van der Waals surface area contributed by atoms with Crippen molar-refractivity contribution < 1.29 is 28.7 Å². The van der Waals surface area contributed by atoms with E-state index >= 15 is 0 Å². The Labute approximate surface area is 401 Å². The van der Waals surface area contributed by atoms with Crippen LogP contribution in [-0.4, -0.2) is 44.3 Å². The van der Waals surface area contributed by atoms with E-state index in [2.05, 4.69) is 0 Å². The molecule has 0 saturated carbocycles. The topological polar surface area (TPSA) is 216 Å². The lowest BCUT2D eigenvalue weighted by Crippen LogP contribution is -2.16. The minimum Gasteiger partial charge on any atom is -0.444 e. The van der Waals surface area contributed by atoms with Crippen LogP contribution in [0, 0.1) is 45.3 Å². The van der Waals surface area contributed by atoms with Crippen molar-refractivity contribution in [1.29, 1.82) is 21.0 Å². The van der Waals surface area contributed by atoms with Crippen LogP contribution >= 0.6 is 34.0 Å². The molecule has 0 aliphatic heterocycles. The minimum absolute atomic E-state index is 0.0866. The third kappa shape index (κ3) is 6.77. The van der Waals surface area contributed by atoms with Crippen LogP contribution in [-0.2, 0) is 22.7 Å². The molecule has 69 heavy (non-hydrogen) atoms. The summed E-state index contributed by atoms with van der Waals surface area (Å²) in [5.41, 5.74) is 3.73. The summed E-state index contributed by atoms with van der Waals surface area (Å²) in [5.74, 6) is -0.938. The largest absolute Gasteiger partial charge is 0.444 e. The number of fused-ring (bicyclic) bond motifs is 9. The first-order valence-electron chi connectivity index (χ1n) is 20.7. The van der Waals surface area contributed by atoms with Crippen LogP contribution in [0.4, 0.5) is 19.6 Å². The molecule has 2 aliphatic rings. The fourth-order valence-electron chi connectivity index (χ4n) is 8.58. The van der Waals surface area contributed by atoms with Crippen LogP contribution in [0.15, 0.2) is 142 Å². The van der Waals surface area contributed by atoms with Gasteiger partial charge in [-0.25, -0.2) is 28.7 Å². The molecule has 326 valence electrons. The number of Topliss-reactive ketones (excluding diaryl/α,β-unsaturated/α-hetero) is 2. The third-order valence-electron chi connectivity index (χ3n) is 11.6. The quantitative estimate of drug-likeness (QED) is 0.144. The number of allylic oxidation sites excluding steroid dienone is 4. The van der Waals surface area contributed by atoms with E-state index in [1.54, 1.807) is 60.7 Å². The predicted octanol–water partition coefficient (Wildman–Crippen LogP) is 12.0. The molecular weight excluding hydrogens is 929 g/mol. The second-order valence-corrected chi connectivity index (χ2v) is 18.5. The average molecular weight is 953 g/mol. The molecule has 0 bridgehead atoms. The predicted molar refractivity (Wildman–Crippen MR) is 262 cm³/mol. The van der Waals surface area contributed by atoms with E-state index < -0.39 is 23.8 Å². The van der Waals surface area contributed by atoms with Crippen LogP contribution in [0.25, 0.3) is 52.0 Å². The maximum atomic E-state index is 14.6. The molecule has 0 N–H and O–H groups in total. The van der Waals surface area contributed by atoms with Gasteiger partial charge in [0.25, 0.3) is 0 Å². The first-order valence-corrected chi connectivity index (χ1v) is 23.2. The number of nitrogens with zero attached hydrogens (tertiary/aromatic N) is 8. The van der Waals surface area contributed by atoms with Gasteiger partial charge in [0.15, 0.2) is 0 Å². The summed E-state index contributed by atoms with van der Waals surface area (Å²) < 4.78 is 16.9. The van der Waals surface area contributed by atoms with Gasteiger partial charge >= 0.3 is 12.2 Å². The van der Waals surface area contributed by atoms with E-state index in [4.69, 9.17) is 19.5 Å². The lowest BCUT2D eigenvalue weighted by atomic mass is 10.0. The van der Waals surface area contributed by atoms with Gasteiger partial charge in [0.05, 0.1) is 40.9 Å². The minimum atomic E-state index is -0.776. The van der Waals surface area contributed by atoms with Crippen molar-refractivity contribution in [2.75, 3.05) is 0 Å². The highest BCUT2D eigenvalue weighted by Gasteiger charge is 2.37. The zero-order valence-corrected chi connectivity index (χ0v) is 37.7. The molecule has 17 heteroatoms. The highest BCUT2D eigenvalue weighted by atomic mass is 32.1. The van der Waals surface area contributed by atoms with E-state index in [-0.39, 0.29) is 56.9 Å². The SMILES string of the molecule is N#CC(C#N)=C1/C(=N/c2cc3c(s2)c2sc4c5sc(/N=C6/C(=O)c7ccccc7C6=C(C#N)C#N)cc5n(C(=O)OCc5ccccc5)c4c2n3C(=O)OCc2ccccc2)C(=O)c2ccccc21. The van der Waals surface area contributed by atoms with E-state index in [9.17, 15) is 40.2 Å². The molecule has 0 fully saturated rings. The normalized spacial score (nSPS) is 14.0. The Hall–Kier alpha value is -9.36. The zero-order valence-electron chi connectivity index (χ0n) is 35.2. The molecule has 5 heterocycles. The number of rotatable bonds is 6.